The van der Waals surface area contributed by atoms with Gasteiger partial charge in [-0.3, -0.25) is 4.98 Å². The Kier molecular flexibility index (Phi) is 5.72. The number of imidazole rings is 1. The number of hydrogen-bond donors (Lipinski definition) is 1. The molecule has 2 aromatic heterocycles. The summed E-state index contributed by atoms with van der Waals surface area (Å²) in [5.41, 5.74) is 4.18. The van der Waals surface area contributed by atoms with E-state index >= 15 is 0 Å². The van der Waals surface area contributed by atoms with Crippen molar-refractivity contribution >= 4 is 0 Å². The molecule has 164 valence electrons. The Bertz CT molecular complexity index is 1100. The van der Waals surface area contributed by atoms with Gasteiger partial charge >= 0.3 is 6.36 Å². The minimum Gasteiger partial charge on any atom is -0.405 e. The van der Waals surface area contributed by atoms with Crippen LogP contribution in [0.4, 0.5) is 13.2 Å². The van der Waals surface area contributed by atoms with Crippen molar-refractivity contribution in [3.63, 3.8) is 0 Å². The zero-order valence-electron chi connectivity index (χ0n) is 17.1. The second kappa shape index (κ2) is 8.32. The lowest BCUT2D eigenvalue weighted by atomic mass is 10.1. The van der Waals surface area contributed by atoms with Crippen LogP contribution in [0.25, 0.3) is 22.6 Å². The van der Waals surface area contributed by atoms with E-state index in [2.05, 4.69) is 9.72 Å². The maximum Gasteiger partial charge on any atom is 0.573 e. The van der Waals surface area contributed by atoms with Crippen molar-refractivity contribution in [2.75, 3.05) is 6.61 Å². The fourth-order valence-corrected chi connectivity index (χ4v) is 3.81. The number of ether oxygens (including phenoxy) is 2. The average Bonchev–Trinajstić information content (AvgIpc) is 2.94. The molecule has 6 nitrogen and oxygen atoms in total. The van der Waals surface area contributed by atoms with Gasteiger partial charge in [-0.2, -0.15) is 0 Å². The number of aliphatic hydroxyl groups is 1. The number of rotatable bonds is 4. The molecular formula is C22H22F3N3O3. The van der Waals surface area contributed by atoms with Crippen LogP contribution in [0, 0.1) is 6.92 Å². The van der Waals surface area contributed by atoms with Gasteiger partial charge in [0.05, 0.1) is 31.6 Å². The van der Waals surface area contributed by atoms with E-state index in [0.29, 0.717) is 31.0 Å². The predicted octanol–water partition coefficient (Wildman–Crippen LogP) is 4.27. The number of aryl methyl sites for hydroxylation is 1. The lowest BCUT2D eigenvalue weighted by molar-refractivity contribution is -0.275. The molecule has 3 heterocycles. The summed E-state index contributed by atoms with van der Waals surface area (Å²) >= 11 is 0. The zero-order valence-corrected chi connectivity index (χ0v) is 17.1. The average molecular weight is 433 g/mol. The Hall–Kier alpha value is -2.91. The highest BCUT2D eigenvalue weighted by Crippen LogP contribution is 2.35. The molecule has 1 atom stereocenters. The van der Waals surface area contributed by atoms with Gasteiger partial charge in [-0.1, -0.05) is 0 Å². The van der Waals surface area contributed by atoms with E-state index in [1.165, 1.54) is 18.2 Å². The summed E-state index contributed by atoms with van der Waals surface area (Å²) in [5, 5.41) is 9.62. The van der Waals surface area contributed by atoms with E-state index in [1.807, 2.05) is 30.5 Å². The Morgan fingerprint density at radius 2 is 2.03 bits per heavy atom. The highest BCUT2D eigenvalue weighted by Gasteiger charge is 2.32. The smallest absolute Gasteiger partial charge is 0.405 e. The van der Waals surface area contributed by atoms with Gasteiger partial charge < -0.3 is 19.1 Å². The van der Waals surface area contributed by atoms with E-state index in [-0.39, 0.29) is 11.7 Å². The largest absolute Gasteiger partial charge is 0.573 e. The van der Waals surface area contributed by atoms with Crippen LogP contribution >= 0.6 is 0 Å². The molecule has 1 unspecified atom stereocenters. The second-order valence-corrected chi connectivity index (χ2v) is 7.49. The first-order valence-corrected chi connectivity index (χ1v) is 9.89. The summed E-state index contributed by atoms with van der Waals surface area (Å²) < 4.78 is 49.9. The minimum absolute atomic E-state index is 0.0337. The van der Waals surface area contributed by atoms with Gasteiger partial charge in [0, 0.05) is 40.7 Å². The molecule has 0 amide bonds. The Morgan fingerprint density at radius 1 is 1.23 bits per heavy atom. The molecule has 0 aliphatic carbocycles. The molecule has 1 N–H and O–H groups in total. The van der Waals surface area contributed by atoms with Gasteiger partial charge in [-0.15, -0.1) is 13.2 Å². The van der Waals surface area contributed by atoms with Crippen LogP contribution in [0.5, 0.6) is 5.75 Å². The number of alkyl halides is 3. The van der Waals surface area contributed by atoms with E-state index in [0.717, 1.165) is 22.6 Å². The lowest BCUT2D eigenvalue weighted by Gasteiger charge is -2.15. The summed E-state index contributed by atoms with van der Waals surface area (Å²) in [5.74, 6) is 0.174. The number of pyridine rings is 1. The second-order valence-electron chi connectivity index (χ2n) is 7.49. The topological polar surface area (TPSA) is 69.4 Å². The highest BCUT2D eigenvalue weighted by atomic mass is 19.4. The molecule has 0 fully saturated rings. The normalized spacial score (nSPS) is 16.6. The monoisotopic (exact) mass is 433 g/mol. The Morgan fingerprint density at radius 3 is 2.74 bits per heavy atom. The van der Waals surface area contributed by atoms with Crippen LogP contribution in [-0.4, -0.2) is 38.7 Å². The quantitative estimate of drug-likeness (QED) is 0.666. The van der Waals surface area contributed by atoms with Crippen molar-refractivity contribution in [1.82, 2.24) is 14.5 Å². The molecule has 9 heteroatoms. The molecule has 31 heavy (non-hydrogen) atoms. The Balaban J connectivity index is 1.85. The maximum absolute atomic E-state index is 12.7. The van der Waals surface area contributed by atoms with Crippen LogP contribution in [-0.2, 0) is 24.3 Å². The molecule has 0 spiro atoms. The van der Waals surface area contributed by atoms with Gasteiger partial charge in [0.2, 0.25) is 0 Å². The molecule has 0 saturated heterocycles. The molecule has 0 bridgehead atoms. The molecule has 4 rings (SSSR count). The van der Waals surface area contributed by atoms with E-state index in [9.17, 15) is 18.3 Å². The van der Waals surface area contributed by atoms with E-state index < -0.39 is 18.7 Å². The number of hydrogen-bond acceptors (Lipinski definition) is 5. The van der Waals surface area contributed by atoms with Crippen molar-refractivity contribution in [1.29, 1.82) is 0 Å². The van der Waals surface area contributed by atoms with Gasteiger partial charge in [0.1, 0.15) is 11.6 Å². The molecule has 3 aromatic rings. The van der Waals surface area contributed by atoms with Crippen molar-refractivity contribution in [3.8, 4) is 28.4 Å². The van der Waals surface area contributed by atoms with Crippen LogP contribution in [0.2, 0.25) is 0 Å². The number of fused-ring (bicyclic) bond motifs is 1. The number of halogens is 3. The molecule has 1 aliphatic rings. The fourth-order valence-electron chi connectivity index (χ4n) is 3.81. The van der Waals surface area contributed by atoms with Crippen LogP contribution in [0.3, 0.4) is 0 Å². The van der Waals surface area contributed by atoms with Crippen molar-refractivity contribution in [3.05, 3.63) is 53.5 Å². The van der Waals surface area contributed by atoms with Gasteiger partial charge in [-0.25, -0.2) is 4.98 Å². The van der Waals surface area contributed by atoms with Crippen molar-refractivity contribution in [2.45, 2.75) is 45.9 Å². The highest BCUT2D eigenvalue weighted by molar-refractivity contribution is 5.69. The van der Waals surface area contributed by atoms with Crippen LogP contribution in [0.15, 0.2) is 36.5 Å². The van der Waals surface area contributed by atoms with Gasteiger partial charge in [-0.05, 0) is 44.2 Å². The van der Waals surface area contributed by atoms with Crippen LogP contribution < -0.4 is 4.74 Å². The SMILES string of the molecule is Cc1cc(-c2nc(-c3ccc(OC(F)(F)F)c(CO)c3)n3c2CCOC(C)C3)ccn1. The minimum atomic E-state index is -4.84. The summed E-state index contributed by atoms with van der Waals surface area (Å²) in [6, 6.07) is 8.04. The summed E-state index contributed by atoms with van der Waals surface area (Å²) in [4.78, 5) is 9.11. The first-order valence-electron chi connectivity index (χ1n) is 9.89. The van der Waals surface area contributed by atoms with E-state index in [1.54, 1.807) is 6.20 Å². The number of nitrogens with zero attached hydrogens (tertiary/aromatic N) is 3. The molecular weight excluding hydrogens is 411 g/mol. The molecule has 0 radical (unpaired) electrons. The summed E-state index contributed by atoms with van der Waals surface area (Å²) in [6.45, 7) is 4.37. The number of aromatic nitrogens is 3. The summed E-state index contributed by atoms with van der Waals surface area (Å²) in [7, 11) is 0. The van der Waals surface area contributed by atoms with Crippen molar-refractivity contribution < 1.29 is 27.8 Å². The summed E-state index contributed by atoms with van der Waals surface area (Å²) in [6.07, 6.45) is -2.52. The zero-order chi connectivity index (χ0) is 22.2. The molecule has 1 aliphatic heterocycles. The third-order valence-electron chi connectivity index (χ3n) is 5.14. The third kappa shape index (κ3) is 4.57. The first kappa shape index (κ1) is 21.3. The standard InChI is InChI=1S/C22H22F3N3O3/c1-13-9-15(5-7-26-13)20-18-6-8-30-14(2)11-28(18)21(27-20)16-3-4-19(17(10-16)12-29)31-22(23,24)25/h3-5,7,9-10,14,29H,6,8,11-12H2,1-2H3. The lowest BCUT2D eigenvalue weighted by Crippen LogP contribution is -2.18. The van der Waals surface area contributed by atoms with Gasteiger partial charge in [0.15, 0.2) is 0 Å². The number of benzene rings is 1. The predicted molar refractivity (Wildman–Crippen MR) is 107 cm³/mol. The van der Waals surface area contributed by atoms with Crippen molar-refractivity contribution in [2.24, 2.45) is 0 Å². The van der Waals surface area contributed by atoms with Crippen LogP contribution in [0.1, 0.15) is 23.9 Å². The maximum atomic E-state index is 12.7. The molecule has 0 saturated carbocycles. The Labute approximate surface area is 177 Å². The number of aliphatic hydroxyl groups excluding tert-OH is 1. The third-order valence-corrected chi connectivity index (χ3v) is 5.14. The molecule has 1 aromatic carbocycles. The fraction of sp³-hybridized carbons (Fsp3) is 0.364. The van der Waals surface area contributed by atoms with Gasteiger partial charge in [0.25, 0.3) is 0 Å². The van der Waals surface area contributed by atoms with E-state index in [4.69, 9.17) is 9.72 Å². The first-order chi connectivity index (χ1) is 14.7.